The Balaban J connectivity index is 2.09. The quantitative estimate of drug-likeness (QED) is 0.551. The first kappa shape index (κ1) is 8.10. The molecule has 0 aromatic heterocycles. The summed E-state index contributed by atoms with van der Waals surface area (Å²) in [4.78, 5) is 0. The largest absolute Gasteiger partial charge is 0.0988 e. The smallest absolute Gasteiger partial charge is 0.0199 e. The molecular weight excluding hydrogens is 144 g/mol. The van der Waals surface area contributed by atoms with Crippen LogP contribution in [0.1, 0.15) is 38.5 Å². The maximum atomic E-state index is 3.85. The van der Waals surface area contributed by atoms with Crippen LogP contribution in [-0.4, -0.2) is 0 Å². The minimum atomic E-state index is 0.903. The van der Waals surface area contributed by atoms with Crippen LogP contribution in [0.5, 0.6) is 0 Å². The highest BCUT2D eigenvalue weighted by Crippen LogP contribution is 2.39. The Hall–Kier alpha value is -0.520. The van der Waals surface area contributed by atoms with Crippen molar-refractivity contribution in [2.24, 2.45) is 11.8 Å². The summed E-state index contributed by atoms with van der Waals surface area (Å²) in [5, 5.41) is 0. The van der Waals surface area contributed by atoms with Gasteiger partial charge in [0.05, 0.1) is 0 Å². The first-order valence-corrected chi connectivity index (χ1v) is 5.23. The van der Waals surface area contributed by atoms with E-state index in [9.17, 15) is 0 Å². The Morgan fingerprint density at radius 1 is 1.25 bits per heavy atom. The molecule has 2 aliphatic carbocycles. The molecule has 0 nitrogen and oxygen atoms in total. The Kier molecular flexibility index (Phi) is 2.34. The lowest BCUT2D eigenvalue weighted by atomic mass is 9.72. The zero-order valence-electron chi connectivity index (χ0n) is 7.76. The van der Waals surface area contributed by atoms with E-state index in [1.165, 1.54) is 44.1 Å². The highest BCUT2D eigenvalue weighted by atomic mass is 14.3. The van der Waals surface area contributed by atoms with E-state index in [0.29, 0.717) is 0 Å². The van der Waals surface area contributed by atoms with Crippen molar-refractivity contribution in [1.29, 1.82) is 0 Å². The first-order chi connectivity index (χ1) is 5.90. The zero-order valence-corrected chi connectivity index (χ0v) is 7.76. The van der Waals surface area contributed by atoms with Crippen molar-refractivity contribution in [2.45, 2.75) is 38.5 Å². The molecule has 0 amide bonds. The third kappa shape index (κ3) is 1.48. The molecule has 1 saturated carbocycles. The summed E-state index contributed by atoms with van der Waals surface area (Å²) < 4.78 is 0. The summed E-state index contributed by atoms with van der Waals surface area (Å²) in [5.41, 5.74) is 1.50. The number of rotatable bonds is 1. The highest BCUT2D eigenvalue weighted by molar-refractivity contribution is 5.20. The number of allylic oxidation sites excluding steroid dienone is 3. The van der Waals surface area contributed by atoms with Crippen LogP contribution in [0.15, 0.2) is 24.3 Å². The normalized spacial score (nSPS) is 35.2. The van der Waals surface area contributed by atoms with Crippen LogP contribution in [0.3, 0.4) is 0 Å². The SMILES string of the molecule is C=CC1=CC2CCCCC2CC1. The minimum absolute atomic E-state index is 0.903. The standard InChI is InChI=1S/C12H18/c1-2-10-7-8-11-5-3-4-6-12(11)9-10/h2,9,11-12H,1,3-8H2. The van der Waals surface area contributed by atoms with Gasteiger partial charge < -0.3 is 0 Å². The summed E-state index contributed by atoms with van der Waals surface area (Å²) in [7, 11) is 0. The number of fused-ring (bicyclic) bond motifs is 1. The van der Waals surface area contributed by atoms with Crippen molar-refractivity contribution in [3.63, 3.8) is 0 Å². The molecular formula is C12H18. The third-order valence-corrected chi connectivity index (χ3v) is 3.46. The summed E-state index contributed by atoms with van der Waals surface area (Å²) in [6.45, 7) is 3.85. The Bertz CT molecular complexity index is 200. The van der Waals surface area contributed by atoms with Crippen molar-refractivity contribution >= 4 is 0 Å². The van der Waals surface area contributed by atoms with E-state index in [2.05, 4.69) is 12.7 Å². The molecule has 1 fully saturated rings. The Morgan fingerprint density at radius 2 is 2.08 bits per heavy atom. The lowest BCUT2D eigenvalue weighted by Crippen LogP contribution is -2.21. The third-order valence-electron chi connectivity index (χ3n) is 3.46. The average Bonchev–Trinajstić information content (AvgIpc) is 2.17. The molecule has 0 aliphatic heterocycles. The fourth-order valence-electron chi connectivity index (χ4n) is 2.69. The number of hydrogen-bond donors (Lipinski definition) is 0. The molecule has 0 radical (unpaired) electrons. The van der Waals surface area contributed by atoms with Gasteiger partial charge in [0.1, 0.15) is 0 Å². The molecule has 0 aromatic rings. The summed E-state index contributed by atoms with van der Waals surface area (Å²) in [6.07, 6.45) is 13.1. The summed E-state index contributed by atoms with van der Waals surface area (Å²) >= 11 is 0. The van der Waals surface area contributed by atoms with Crippen molar-refractivity contribution < 1.29 is 0 Å². The molecule has 12 heavy (non-hydrogen) atoms. The van der Waals surface area contributed by atoms with Gasteiger partial charge in [-0.25, -0.2) is 0 Å². The van der Waals surface area contributed by atoms with E-state index >= 15 is 0 Å². The maximum Gasteiger partial charge on any atom is -0.0199 e. The van der Waals surface area contributed by atoms with Crippen molar-refractivity contribution in [1.82, 2.24) is 0 Å². The maximum absolute atomic E-state index is 3.85. The van der Waals surface area contributed by atoms with Crippen LogP contribution in [-0.2, 0) is 0 Å². The summed E-state index contributed by atoms with van der Waals surface area (Å²) in [6, 6.07) is 0. The molecule has 2 rings (SSSR count). The second-order valence-corrected chi connectivity index (χ2v) is 4.19. The second kappa shape index (κ2) is 3.47. The van der Waals surface area contributed by atoms with E-state index in [1.54, 1.807) is 0 Å². The van der Waals surface area contributed by atoms with Crippen LogP contribution in [0, 0.1) is 11.8 Å². The molecule has 2 atom stereocenters. The predicted molar refractivity (Wildman–Crippen MR) is 53.0 cm³/mol. The fraction of sp³-hybridized carbons (Fsp3) is 0.667. The van der Waals surface area contributed by atoms with Gasteiger partial charge in [-0.15, -0.1) is 0 Å². The van der Waals surface area contributed by atoms with Gasteiger partial charge in [-0.1, -0.05) is 37.1 Å². The monoisotopic (exact) mass is 162 g/mol. The van der Waals surface area contributed by atoms with Gasteiger partial charge in [-0.05, 0) is 37.5 Å². The average molecular weight is 162 g/mol. The van der Waals surface area contributed by atoms with Gasteiger partial charge in [0, 0.05) is 0 Å². The van der Waals surface area contributed by atoms with Crippen molar-refractivity contribution in [3.05, 3.63) is 24.3 Å². The molecule has 0 N–H and O–H groups in total. The van der Waals surface area contributed by atoms with E-state index in [-0.39, 0.29) is 0 Å². The van der Waals surface area contributed by atoms with Gasteiger partial charge in [0.2, 0.25) is 0 Å². The Morgan fingerprint density at radius 3 is 2.92 bits per heavy atom. The van der Waals surface area contributed by atoms with Crippen LogP contribution < -0.4 is 0 Å². The molecule has 0 bridgehead atoms. The van der Waals surface area contributed by atoms with Gasteiger partial charge >= 0.3 is 0 Å². The lowest BCUT2D eigenvalue weighted by molar-refractivity contribution is 0.257. The second-order valence-electron chi connectivity index (χ2n) is 4.19. The van der Waals surface area contributed by atoms with Crippen LogP contribution in [0.2, 0.25) is 0 Å². The predicted octanol–water partition coefficient (Wildman–Crippen LogP) is 3.70. The Labute approximate surface area is 75.4 Å². The molecule has 0 heterocycles. The topological polar surface area (TPSA) is 0 Å². The van der Waals surface area contributed by atoms with E-state index in [0.717, 1.165) is 11.8 Å². The molecule has 0 saturated heterocycles. The van der Waals surface area contributed by atoms with Crippen LogP contribution in [0.25, 0.3) is 0 Å². The molecule has 2 unspecified atom stereocenters. The van der Waals surface area contributed by atoms with Crippen LogP contribution in [0.4, 0.5) is 0 Å². The van der Waals surface area contributed by atoms with Gasteiger partial charge in [-0.3, -0.25) is 0 Å². The highest BCUT2D eigenvalue weighted by Gasteiger charge is 2.26. The summed E-state index contributed by atoms with van der Waals surface area (Å²) in [5.74, 6) is 1.92. The first-order valence-electron chi connectivity index (χ1n) is 5.23. The van der Waals surface area contributed by atoms with Crippen molar-refractivity contribution in [3.8, 4) is 0 Å². The van der Waals surface area contributed by atoms with E-state index < -0.39 is 0 Å². The van der Waals surface area contributed by atoms with Gasteiger partial charge in [-0.2, -0.15) is 0 Å². The van der Waals surface area contributed by atoms with Gasteiger partial charge in [0.15, 0.2) is 0 Å². The molecule has 2 aliphatic rings. The number of hydrogen-bond acceptors (Lipinski definition) is 0. The fourth-order valence-corrected chi connectivity index (χ4v) is 2.69. The molecule has 0 heteroatoms. The molecule has 0 aromatic carbocycles. The van der Waals surface area contributed by atoms with Crippen molar-refractivity contribution in [2.75, 3.05) is 0 Å². The minimum Gasteiger partial charge on any atom is -0.0988 e. The molecule has 0 spiro atoms. The van der Waals surface area contributed by atoms with Crippen LogP contribution >= 0.6 is 0 Å². The van der Waals surface area contributed by atoms with E-state index in [4.69, 9.17) is 0 Å². The zero-order chi connectivity index (χ0) is 8.39. The molecule has 66 valence electrons. The lowest BCUT2D eigenvalue weighted by Gasteiger charge is -2.33. The van der Waals surface area contributed by atoms with E-state index in [1.807, 2.05) is 6.08 Å². The van der Waals surface area contributed by atoms with Gasteiger partial charge in [0.25, 0.3) is 0 Å².